The van der Waals surface area contributed by atoms with Crippen LogP contribution in [0.2, 0.25) is 0 Å². The summed E-state index contributed by atoms with van der Waals surface area (Å²) in [7, 11) is 0. The number of thiazole rings is 1. The molecule has 0 atom stereocenters. The molecule has 0 unspecified atom stereocenters. The Morgan fingerprint density at radius 2 is 1.81 bits per heavy atom. The lowest BCUT2D eigenvalue weighted by molar-refractivity contribution is -0.113. The fourth-order valence-corrected chi connectivity index (χ4v) is 4.93. The van der Waals surface area contributed by atoms with Crippen molar-refractivity contribution in [2.75, 3.05) is 11.1 Å². The topological polar surface area (TPSA) is 59.3 Å². The molecule has 5 nitrogen and oxygen atoms in total. The van der Waals surface area contributed by atoms with Gasteiger partial charge in [0.25, 0.3) is 0 Å². The Morgan fingerprint density at radius 3 is 2.56 bits per heavy atom. The van der Waals surface area contributed by atoms with Gasteiger partial charge in [-0.1, -0.05) is 67.3 Å². The number of para-hydroxylation sites is 2. The van der Waals surface area contributed by atoms with Crippen LogP contribution in [0.4, 0.5) is 5.69 Å². The maximum Gasteiger partial charge on any atom is 0.234 e. The lowest BCUT2D eigenvalue weighted by Gasteiger charge is -2.14. The number of thioether (sulfide) groups is 1. The molecular weight excluding hydrogens is 376 g/mol. The summed E-state index contributed by atoms with van der Waals surface area (Å²) in [6.45, 7) is 4.21. The van der Waals surface area contributed by atoms with Crippen molar-refractivity contribution in [3.05, 3.63) is 53.6 Å². The van der Waals surface area contributed by atoms with Crippen LogP contribution in [0, 0.1) is 0 Å². The third-order valence-electron chi connectivity index (χ3n) is 4.51. The van der Waals surface area contributed by atoms with Crippen molar-refractivity contribution in [3.63, 3.8) is 0 Å². The molecule has 0 saturated heterocycles. The molecule has 4 aromatic rings. The van der Waals surface area contributed by atoms with Crippen molar-refractivity contribution in [3.8, 4) is 0 Å². The Morgan fingerprint density at radius 1 is 1.07 bits per heavy atom. The Kier molecular flexibility index (Phi) is 5.13. The molecule has 2 aromatic heterocycles. The number of aromatic nitrogens is 3. The second kappa shape index (κ2) is 7.70. The largest absolute Gasteiger partial charge is 0.325 e. The van der Waals surface area contributed by atoms with Crippen molar-refractivity contribution in [1.29, 1.82) is 0 Å². The van der Waals surface area contributed by atoms with E-state index in [0.717, 1.165) is 38.9 Å². The number of amides is 1. The van der Waals surface area contributed by atoms with E-state index in [1.165, 1.54) is 22.9 Å². The Hall–Kier alpha value is -2.38. The number of rotatable bonds is 6. The monoisotopic (exact) mass is 396 g/mol. The summed E-state index contributed by atoms with van der Waals surface area (Å²) in [6, 6.07) is 14.3. The van der Waals surface area contributed by atoms with Gasteiger partial charge in [0.2, 0.25) is 10.9 Å². The van der Waals surface area contributed by atoms with Crippen molar-refractivity contribution < 1.29 is 4.79 Å². The van der Waals surface area contributed by atoms with E-state index in [4.69, 9.17) is 0 Å². The van der Waals surface area contributed by atoms with E-state index < -0.39 is 0 Å². The maximum atomic E-state index is 12.6. The van der Waals surface area contributed by atoms with Crippen LogP contribution in [0.5, 0.6) is 0 Å². The SMILES string of the molecule is CCc1cccc(CC)c1NC(=O)CSc1nnc2sc3ccccc3n12. The standard InChI is InChI=1S/C20H20N4OS2/c1-3-13-8-7-9-14(4-2)18(13)21-17(25)12-26-19-22-23-20-24(19)15-10-5-6-11-16(15)27-20/h5-11H,3-4,12H2,1-2H3,(H,21,25). The minimum atomic E-state index is -0.0214. The van der Waals surface area contributed by atoms with Gasteiger partial charge in [0.1, 0.15) is 0 Å². The minimum Gasteiger partial charge on any atom is -0.325 e. The average molecular weight is 397 g/mol. The average Bonchev–Trinajstić information content (AvgIpc) is 3.25. The van der Waals surface area contributed by atoms with E-state index in [2.05, 4.69) is 59.7 Å². The summed E-state index contributed by atoms with van der Waals surface area (Å²) < 4.78 is 3.19. The molecule has 27 heavy (non-hydrogen) atoms. The molecule has 1 amide bonds. The number of hydrogen-bond donors (Lipinski definition) is 1. The number of hydrogen-bond acceptors (Lipinski definition) is 5. The molecule has 0 aliphatic heterocycles. The smallest absolute Gasteiger partial charge is 0.234 e. The summed E-state index contributed by atoms with van der Waals surface area (Å²) in [6.07, 6.45) is 1.78. The van der Waals surface area contributed by atoms with Gasteiger partial charge >= 0.3 is 0 Å². The number of nitrogens with zero attached hydrogens (tertiary/aromatic N) is 3. The normalized spacial score (nSPS) is 11.3. The zero-order valence-electron chi connectivity index (χ0n) is 15.2. The highest BCUT2D eigenvalue weighted by atomic mass is 32.2. The van der Waals surface area contributed by atoms with Crippen LogP contribution in [0.15, 0.2) is 47.6 Å². The second-order valence-corrected chi connectivity index (χ2v) is 8.12. The first kappa shape index (κ1) is 18.0. The summed E-state index contributed by atoms with van der Waals surface area (Å²) in [5, 5.41) is 12.4. The van der Waals surface area contributed by atoms with Crippen LogP contribution in [0.1, 0.15) is 25.0 Å². The lowest BCUT2D eigenvalue weighted by Crippen LogP contribution is -2.17. The number of carbonyl (C=O) groups is 1. The van der Waals surface area contributed by atoms with Crippen molar-refractivity contribution in [2.24, 2.45) is 0 Å². The zero-order chi connectivity index (χ0) is 18.8. The molecule has 1 N–H and O–H groups in total. The first-order valence-electron chi connectivity index (χ1n) is 8.97. The highest BCUT2D eigenvalue weighted by Crippen LogP contribution is 2.29. The van der Waals surface area contributed by atoms with Gasteiger partial charge in [0.15, 0.2) is 5.16 Å². The van der Waals surface area contributed by atoms with Gasteiger partial charge in [-0.2, -0.15) is 0 Å². The number of benzene rings is 2. The third kappa shape index (κ3) is 3.44. The molecule has 0 fully saturated rings. The summed E-state index contributed by atoms with van der Waals surface area (Å²) in [5.41, 5.74) is 4.37. The van der Waals surface area contributed by atoms with Crippen molar-refractivity contribution in [2.45, 2.75) is 31.8 Å². The quantitative estimate of drug-likeness (QED) is 0.476. The molecular formula is C20H20N4OS2. The Bertz CT molecular complexity index is 1090. The number of carbonyl (C=O) groups excluding carboxylic acids is 1. The van der Waals surface area contributed by atoms with Crippen molar-refractivity contribution in [1.82, 2.24) is 14.6 Å². The van der Waals surface area contributed by atoms with Crippen LogP contribution in [-0.4, -0.2) is 26.3 Å². The number of aryl methyl sites for hydroxylation is 2. The van der Waals surface area contributed by atoms with Gasteiger partial charge in [-0.25, -0.2) is 0 Å². The molecule has 0 bridgehead atoms. The second-order valence-electron chi connectivity index (χ2n) is 6.17. The first-order valence-corrected chi connectivity index (χ1v) is 10.8. The van der Waals surface area contributed by atoms with Crippen LogP contribution in [-0.2, 0) is 17.6 Å². The van der Waals surface area contributed by atoms with E-state index in [-0.39, 0.29) is 5.91 Å². The predicted octanol–water partition coefficient (Wildman–Crippen LogP) is 4.80. The van der Waals surface area contributed by atoms with E-state index in [0.29, 0.717) is 5.75 Å². The molecule has 7 heteroatoms. The van der Waals surface area contributed by atoms with Gasteiger partial charge in [-0.05, 0) is 36.1 Å². The van der Waals surface area contributed by atoms with E-state index >= 15 is 0 Å². The molecule has 0 saturated carbocycles. The van der Waals surface area contributed by atoms with Crippen LogP contribution >= 0.6 is 23.1 Å². The van der Waals surface area contributed by atoms with Crippen molar-refractivity contribution >= 4 is 49.9 Å². The molecule has 0 spiro atoms. The summed E-state index contributed by atoms with van der Waals surface area (Å²) >= 11 is 3.02. The van der Waals surface area contributed by atoms with Crippen LogP contribution in [0.25, 0.3) is 15.2 Å². The van der Waals surface area contributed by atoms with Gasteiger partial charge in [-0.15, -0.1) is 10.2 Å². The van der Waals surface area contributed by atoms with E-state index in [1.807, 2.05) is 16.5 Å². The lowest BCUT2D eigenvalue weighted by atomic mass is 10.0. The zero-order valence-corrected chi connectivity index (χ0v) is 16.9. The maximum absolute atomic E-state index is 12.6. The highest BCUT2D eigenvalue weighted by Gasteiger charge is 2.15. The van der Waals surface area contributed by atoms with Gasteiger partial charge in [0.05, 0.1) is 16.0 Å². The fourth-order valence-electron chi connectivity index (χ4n) is 3.16. The number of fused-ring (bicyclic) bond motifs is 3. The molecule has 138 valence electrons. The Labute approximate surface area is 165 Å². The molecule has 4 rings (SSSR count). The molecule has 0 aliphatic carbocycles. The fraction of sp³-hybridized carbons (Fsp3) is 0.250. The Balaban J connectivity index is 1.53. The van der Waals surface area contributed by atoms with Gasteiger partial charge < -0.3 is 5.32 Å². The summed E-state index contributed by atoms with van der Waals surface area (Å²) in [5.74, 6) is 0.276. The number of nitrogens with one attached hydrogen (secondary N) is 1. The number of anilines is 1. The minimum absolute atomic E-state index is 0.0214. The van der Waals surface area contributed by atoms with E-state index in [1.54, 1.807) is 11.3 Å². The summed E-state index contributed by atoms with van der Waals surface area (Å²) in [4.78, 5) is 13.4. The molecule has 2 aromatic carbocycles. The highest BCUT2D eigenvalue weighted by molar-refractivity contribution is 7.99. The van der Waals surface area contributed by atoms with Crippen LogP contribution in [0.3, 0.4) is 0 Å². The van der Waals surface area contributed by atoms with Crippen LogP contribution < -0.4 is 5.32 Å². The predicted molar refractivity (Wildman–Crippen MR) is 113 cm³/mol. The van der Waals surface area contributed by atoms with Gasteiger partial charge in [0, 0.05) is 5.69 Å². The van der Waals surface area contributed by atoms with E-state index in [9.17, 15) is 4.79 Å². The third-order valence-corrected chi connectivity index (χ3v) is 6.45. The van der Waals surface area contributed by atoms with Gasteiger partial charge in [-0.3, -0.25) is 9.20 Å². The molecule has 0 radical (unpaired) electrons. The first-order chi connectivity index (χ1) is 13.2. The molecule has 0 aliphatic rings. The molecule has 2 heterocycles.